The summed E-state index contributed by atoms with van der Waals surface area (Å²) in [6, 6.07) is 8.48. The lowest BCUT2D eigenvalue weighted by atomic mass is 9.70. The third kappa shape index (κ3) is 3.07. The first-order valence-corrected chi connectivity index (χ1v) is 7.98. The highest BCUT2D eigenvalue weighted by atomic mass is 16.5. The van der Waals surface area contributed by atoms with Gasteiger partial charge in [0.1, 0.15) is 5.75 Å². The highest BCUT2D eigenvalue weighted by molar-refractivity contribution is 5.34. The minimum absolute atomic E-state index is 0.165. The van der Waals surface area contributed by atoms with Gasteiger partial charge in [-0.05, 0) is 56.1 Å². The van der Waals surface area contributed by atoms with Gasteiger partial charge in [0.25, 0.3) is 0 Å². The molecule has 3 rings (SSSR count). The lowest BCUT2D eigenvalue weighted by Gasteiger charge is -2.48. The fourth-order valence-corrected chi connectivity index (χ4v) is 3.80. The molecule has 2 atom stereocenters. The number of hydrogen-bond donors (Lipinski definition) is 2. The van der Waals surface area contributed by atoms with Crippen molar-refractivity contribution in [3.05, 3.63) is 29.8 Å². The number of para-hydroxylation sites is 1. The molecule has 1 heterocycles. The summed E-state index contributed by atoms with van der Waals surface area (Å²) in [6.07, 6.45) is 6.87. The second-order valence-corrected chi connectivity index (χ2v) is 6.43. The molecule has 2 unspecified atom stereocenters. The standard InChI is InChI=1S/C17H26N2O2/c1-20-16-6-3-2-5-13(16)11-15(19-18)14-7-10-21-17(12-14)8-4-9-17/h2-3,5-6,14-15,19H,4,7-12,18H2,1H3. The van der Waals surface area contributed by atoms with Gasteiger partial charge in [-0.1, -0.05) is 18.2 Å². The molecule has 2 fully saturated rings. The van der Waals surface area contributed by atoms with Gasteiger partial charge < -0.3 is 9.47 Å². The van der Waals surface area contributed by atoms with E-state index in [-0.39, 0.29) is 11.6 Å². The van der Waals surface area contributed by atoms with Crippen molar-refractivity contribution < 1.29 is 9.47 Å². The van der Waals surface area contributed by atoms with Gasteiger partial charge in [-0.2, -0.15) is 0 Å². The molecule has 3 N–H and O–H groups in total. The molecule has 116 valence electrons. The molecular formula is C17H26N2O2. The van der Waals surface area contributed by atoms with Gasteiger partial charge in [-0.15, -0.1) is 0 Å². The topological polar surface area (TPSA) is 56.5 Å². The average molecular weight is 290 g/mol. The Morgan fingerprint density at radius 3 is 2.90 bits per heavy atom. The molecule has 4 nitrogen and oxygen atoms in total. The third-order valence-corrected chi connectivity index (χ3v) is 5.21. The van der Waals surface area contributed by atoms with Gasteiger partial charge in [0, 0.05) is 12.6 Å². The van der Waals surface area contributed by atoms with E-state index in [4.69, 9.17) is 15.3 Å². The number of methoxy groups -OCH3 is 1. The Hall–Kier alpha value is -1.10. The maximum absolute atomic E-state index is 6.03. The normalized spacial score (nSPS) is 25.3. The zero-order valence-electron chi connectivity index (χ0n) is 12.8. The van der Waals surface area contributed by atoms with Crippen LogP contribution < -0.4 is 16.0 Å². The fraction of sp³-hybridized carbons (Fsp3) is 0.647. The molecule has 1 aliphatic carbocycles. The maximum atomic E-state index is 6.03. The Morgan fingerprint density at radius 2 is 2.24 bits per heavy atom. The zero-order chi connectivity index (χ0) is 14.7. The predicted octanol–water partition coefficient (Wildman–Crippen LogP) is 2.42. The Kier molecular flexibility index (Phi) is 4.48. The van der Waals surface area contributed by atoms with Gasteiger partial charge in [0.2, 0.25) is 0 Å². The molecule has 2 aliphatic rings. The second-order valence-electron chi connectivity index (χ2n) is 6.43. The third-order valence-electron chi connectivity index (χ3n) is 5.21. The first-order chi connectivity index (χ1) is 10.3. The molecule has 4 heteroatoms. The summed E-state index contributed by atoms with van der Waals surface area (Å²) in [6.45, 7) is 0.870. The van der Waals surface area contributed by atoms with Crippen molar-refractivity contribution in [2.24, 2.45) is 11.8 Å². The summed E-state index contributed by atoms with van der Waals surface area (Å²) in [4.78, 5) is 0. The van der Waals surface area contributed by atoms with Gasteiger partial charge in [-0.3, -0.25) is 11.3 Å². The summed E-state index contributed by atoms with van der Waals surface area (Å²) in [5.41, 5.74) is 4.43. The molecule has 1 saturated carbocycles. The SMILES string of the molecule is COc1ccccc1CC(NN)C1CCOC2(CCC2)C1. The van der Waals surface area contributed by atoms with E-state index in [9.17, 15) is 0 Å². The zero-order valence-corrected chi connectivity index (χ0v) is 12.8. The highest BCUT2D eigenvalue weighted by Crippen LogP contribution is 2.45. The lowest BCUT2D eigenvalue weighted by molar-refractivity contribution is -0.147. The van der Waals surface area contributed by atoms with Crippen molar-refractivity contribution in [1.82, 2.24) is 5.43 Å². The number of rotatable bonds is 5. The minimum atomic E-state index is 0.165. The quantitative estimate of drug-likeness (QED) is 0.646. The molecule has 1 aliphatic heterocycles. The molecule has 0 radical (unpaired) electrons. The van der Waals surface area contributed by atoms with Crippen LogP contribution in [0.5, 0.6) is 5.75 Å². The van der Waals surface area contributed by atoms with E-state index in [0.29, 0.717) is 5.92 Å². The van der Waals surface area contributed by atoms with Crippen LogP contribution >= 0.6 is 0 Å². The van der Waals surface area contributed by atoms with Crippen molar-refractivity contribution in [3.8, 4) is 5.75 Å². The van der Waals surface area contributed by atoms with Crippen LogP contribution in [0, 0.1) is 5.92 Å². The predicted molar refractivity (Wildman–Crippen MR) is 83.1 cm³/mol. The summed E-state index contributed by atoms with van der Waals surface area (Å²) in [7, 11) is 1.72. The summed E-state index contributed by atoms with van der Waals surface area (Å²) in [5, 5.41) is 0. The van der Waals surface area contributed by atoms with Crippen molar-refractivity contribution in [2.45, 2.75) is 50.2 Å². The molecule has 0 amide bonds. The first-order valence-electron chi connectivity index (χ1n) is 7.98. The highest BCUT2D eigenvalue weighted by Gasteiger charge is 2.44. The van der Waals surface area contributed by atoms with E-state index >= 15 is 0 Å². The Balaban J connectivity index is 1.69. The van der Waals surface area contributed by atoms with E-state index in [0.717, 1.165) is 31.6 Å². The van der Waals surface area contributed by atoms with E-state index in [1.54, 1.807) is 7.11 Å². The first kappa shape index (κ1) is 14.8. The minimum Gasteiger partial charge on any atom is -0.496 e. The molecule has 0 bridgehead atoms. The lowest BCUT2D eigenvalue weighted by Crippen LogP contribution is -2.52. The number of ether oxygens (including phenoxy) is 2. The monoisotopic (exact) mass is 290 g/mol. The number of hydrazine groups is 1. The Labute approximate surface area is 127 Å². The fourth-order valence-electron chi connectivity index (χ4n) is 3.80. The van der Waals surface area contributed by atoms with Crippen LogP contribution in [0.4, 0.5) is 0 Å². The van der Waals surface area contributed by atoms with E-state index in [1.165, 1.54) is 24.8 Å². The molecule has 1 aromatic carbocycles. The van der Waals surface area contributed by atoms with Crippen LogP contribution in [0.1, 0.15) is 37.7 Å². The number of benzene rings is 1. The van der Waals surface area contributed by atoms with Gasteiger partial charge in [0.15, 0.2) is 0 Å². The molecule has 21 heavy (non-hydrogen) atoms. The van der Waals surface area contributed by atoms with Crippen LogP contribution in [-0.4, -0.2) is 25.4 Å². The summed E-state index contributed by atoms with van der Waals surface area (Å²) < 4.78 is 11.5. The van der Waals surface area contributed by atoms with Crippen LogP contribution in [-0.2, 0) is 11.2 Å². The van der Waals surface area contributed by atoms with Crippen molar-refractivity contribution >= 4 is 0 Å². The summed E-state index contributed by atoms with van der Waals surface area (Å²) >= 11 is 0. The van der Waals surface area contributed by atoms with Crippen molar-refractivity contribution in [1.29, 1.82) is 0 Å². The van der Waals surface area contributed by atoms with Crippen LogP contribution in [0.25, 0.3) is 0 Å². The van der Waals surface area contributed by atoms with Crippen LogP contribution in [0.2, 0.25) is 0 Å². The molecule has 1 aromatic rings. The number of hydrogen-bond acceptors (Lipinski definition) is 4. The Morgan fingerprint density at radius 1 is 1.43 bits per heavy atom. The molecule has 1 saturated heterocycles. The van der Waals surface area contributed by atoms with Crippen molar-refractivity contribution in [2.75, 3.05) is 13.7 Å². The largest absolute Gasteiger partial charge is 0.496 e. The van der Waals surface area contributed by atoms with Gasteiger partial charge >= 0.3 is 0 Å². The average Bonchev–Trinajstić information content (AvgIpc) is 2.51. The molecule has 0 aromatic heterocycles. The van der Waals surface area contributed by atoms with E-state index in [2.05, 4.69) is 17.6 Å². The molecular weight excluding hydrogens is 264 g/mol. The second kappa shape index (κ2) is 6.34. The number of nitrogens with two attached hydrogens (primary N) is 1. The van der Waals surface area contributed by atoms with Crippen molar-refractivity contribution in [3.63, 3.8) is 0 Å². The van der Waals surface area contributed by atoms with Gasteiger partial charge in [-0.25, -0.2) is 0 Å². The van der Waals surface area contributed by atoms with E-state index < -0.39 is 0 Å². The Bertz CT molecular complexity index is 474. The van der Waals surface area contributed by atoms with Crippen LogP contribution in [0.3, 0.4) is 0 Å². The smallest absolute Gasteiger partial charge is 0.122 e. The maximum Gasteiger partial charge on any atom is 0.122 e. The van der Waals surface area contributed by atoms with Crippen LogP contribution in [0.15, 0.2) is 24.3 Å². The molecule has 1 spiro atoms. The number of nitrogens with one attached hydrogen (secondary N) is 1. The van der Waals surface area contributed by atoms with Gasteiger partial charge in [0.05, 0.1) is 12.7 Å². The summed E-state index contributed by atoms with van der Waals surface area (Å²) in [5.74, 6) is 7.38. The van der Waals surface area contributed by atoms with E-state index in [1.807, 2.05) is 12.1 Å².